The van der Waals surface area contributed by atoms with Gasteiger partial charge in [0.05, 0.1) is 6.07 Å². The lowest BCUT2D eigenvalue weighted by molar-refractivity contribution is 0.266. The number of rotatable bonds is 9. The zero-order valence-corrected chi connectivity index (χ0v) is 11.3. The first-order valence-electron chi connectivity index (χ1n) is 6.50. The van der Waals surface area contributed by atoms with Gasteiger partial charge in [-0.05, 0) is 52.4 Å². The van der Waals surface area contributed by atoms with Gasteiger partial charge in [-0.3, -0.25) is 0 Å². The van der Waals surface area contributed by atoms with E-state index in [4.69, 9.17) is 0 Å². The number of nitrogens with one attached hydrogen (secondary N) is 1. The zero-order chi connectivity index (χ0) is 12.4. The summed E-state index contributed by atoms with van der Waals surface area (Å²) in [5.41, 5.74) is -0.314. The Labute approximate surface area is 101 Å². The Balaban J connectivity index is 3.99. The predicted molar refractivity (Wildman–Crippen MR) is 69.3 cm³/mol. The van der Waals surface area contributed by atoms with Gasteiger partial charge in [0.25, 0.3) is 0 Å². The van der Waals surface area contributed by atoms with Crippen LogP contribution in [0.15, 0.2) is 0 Å². The van der Waals surface area contributed by atoms with Gasteiger partial charge in [-0.1, -0.05) is 20.8 Å². The monoisotopic (exact) mass is 225 g/mol. The molecule has 94 valence electrons. The maximum absolute atomic E-state index is 9.18. The maximum atomic E-state index is 9.18. The molecule has 0 aliphatic heterocycles. The van der Waals surface area contributed by atoms with E-state index in [0.717, 1.165) is 32.4 Å². The van der Waals surface area contributed by atoms with Gasteiger partial charge in [-0.25, -0.2) is 0 Å². The Morgan fingerprint density at radius 1 is 1.25 bits per heavy atom. The van der Waals surface area contributed by atoms with Crippen molar-refractivity contribution in [1.82, 2.24) is 10.2 Å². The van der Waals surface area contributed by atoms with Gasteiger partial charge >= 0.3 is 0 Å². The molecule has 1 unspecified atom stereocenters. The van der Waals surface area contributed by atoms with Crippen LogP contribution in [0.5, 0.6) is 0 Å². The average Bonchev–Trinajstić information content (AvgIpc) is 2.34. The zero-order valence-electron chi connectivity index (χ0n) is 11.3. The normalized spacial score (nSPS) is 14.8. The lowest BCUT2D eigenvalue weighted by Gasteiger charge is -2.26. The predicted octanol–water partition coefficient (Wildman–Crippen LogP) is 2.39. The van der Waals surface area contributed by atoms with E-state index >= 15 is 0 Å². The summed E-state index contributed by atoms with van der Waals surface area (Å²) in [5.74, 6) is 0. The van der Waals surface area contributed by atoms with Crippen LogP contribution in [0.25, 0.3) is 0 Å². The van der Waals surface area contributed by atoms with Crippen molar-refractivity contribution >= 4 is 0 Å². The second kappa shape index (κ2) is 8.55. The van der Waals surface area contributed by atoms with E-state index < -0.39 is 0 Å². The van der Waals surface area contributed by atoms with Crippen LogP contribution in [0.2, 0.25) is 0 Å². The fourth-order valence-electron chi connectivity index (χ4n) is 2.02. The van der Waals surface area contributed by atoms with Crippen molar-refractivity contribution in [2.24, 2.45) is 0 Å². The second-order valence-corrected chi connectivity index (χ2v) is 4.34. The Morgan fingerprint density at radius 2 is 1.94 bits per heavy atom. The summed E-state index contributed by atoms with van der Waals surface area (Å²) < 4.78 is 0. The first-order valence-corrected chi connectivity index (χ1v) is 6.50. The van der Waals surface area contributed by atoms with Crippen molar-refractivity contribution in [2.45, 2.75) is 52.0 Å². The molecule has 0 rings (SSSR count). The van der Waals surface area contributed by atoms with E-state index in [9.17, 15) is 5.26 Å². The third-order valence-corrected chi connectivity index (χ3v) is 3.36. The summed E-state index contributed by atoms with van der Waals surface area (Å²) in [4.78, 5) is 2.45. The molecule has 3 nitrogen and oxygen atoms in total. The first kappa shape index (κ1) is 15.4. The minimum absolute atomic E-state index is 0.314. The van der Waals surface area contributed by atoms with Crippen LogP contribution in [0.4, 0.5) is 0 Å². The SMILES string of the molecule is CCCN(CC)CCCC(C#N)(CC)NC. The van der Waals surface area contributed by atoms with Gasteiger partial charge in [-0.2, -0.15) is 5.26 Å². The lowest BCUT2D eigenvalue weighted by atomic mass is 9.92. The minimum Gasteiger partial charge on any atom is -0.304 e. The number of nitrogens with zero attached hydrogens (tertiary/aromatic N) is 2. The van der Waals surface area contributed by atoms with Crippen molar-refractivity contribution in [3.05, 3.63) is 0 Å². The van der Waals surface area contributed by atoms with E-state index in [1.54, 1.807) is 0 Å². The molecule has 0 heterocycles. The molecule has 0 radical (unpaired) electrons. The van der Waals surface area contributed by atoms with E-state index in [0.29, 0.717) is 0 Å². The van der Waals surface area contributed by atoms with Crippen molar-refractivity contribution in [1.29, 1.82) is 5.26 Å². The molecule has 0 aromatic carbocycles. The Morgan fingerprint density at radius 3 is 2.31 bits per heavy atom. The van der Waals surface area contributed by atoms with Crippen LogP contribution in [0.3, 0.4) is 0 Å². The molecule has 0 aromatic rings. The molecule has 0 saturated carbocycles. The van der Waals surface area contributed by atoms with Gasteiger partial charge in [0.1, 0.15) is 5.54 Å². The van der Waals surface area contributed by atoms with E-state index in [1.165, 1.54) is 13.0 Å². The standard InChI is InChI=1S/C13H27N3/c1-5-10-16(7-3)11-8-9-13(6-2,12-14)15-4/h15H,5-11H2,1-4H3. The fraction of sp³-hybridized carbons (Fsp3) is 0.923. The van der Waals surface area contributed by atoms with Crippen LogP contribution in [-0.4, -0.2) is 37.1 Å². The van der Waals surface area contributed by atoms with Gasteiger partial charge in [-0.15, -0.1) is 0 Å². The lowest BCUT2D eigenvalue weighted by Crippen LogP contribution is -2.41. The van der Waals surface area contributed by atoms with E-state index in [-0.39, 0.29) is 5.54 Å². The largest absolute Gasteiger partial charge is 0.304 e. The summed E-state index contributed by atoms with van der Waals surface area (Å²) >= 11 is 0. The number of hydrogen-bond donors (Lipinski definition) is 1. The highest BCUT2D eigenvalue weighted by Gasteiger charge is 2.24. The molecule has 0 aromatic heterocycles. The molecule has 0 saturated heterocycles. The summed E-state index contributed by atoms with van der Waals surface area (Å²) in [6.45, 7) is 9.87. The summed E-state index contributed by atoms with van der Waals surface area (Å²) in [7, 11) is 1.89. The van der Waals surface area contributed by atoms with E-state index in [2.05, 4.69) is 37.1 Å². The van der Waals surface area contributed by atoms with Gasteiger partial charge in [0.2, 0.25) is 0 Å². The van der Waals surface area contributed by atoms with Gasteiger partial charge in [0, 0.05) is 0 Å². The molecular formula is C13H27N3. The molecular weight excluding hydrogens is 198 g/mol. The van der Waals surface area contributed by atoms with Crippen LogP contribution in [-0.2, 0) is 0 Å². The molecule has 0 spiro atoms. The summed E-state index contributed by atoms with van der Waals surface area (Å²) in [6.07, 6.45) is 4.11. The third-order valence-electron chi connectivity index (χ3n) is 3.36. The topological polar surface area (TPSA) is 39.1 Å². The molecule has 0 fully saturated rings. The maximum Gasteiger partial charge on any atom is 0.106 e. The van der Waals surface area contributed by atoms with Crippen molar-refractivity contribution in [3.8, 4) is 6.07 Å². The van der Waals surface area contributed by atoms with Gasteiger partial charge < -0.3 is 10.2 Å². The molecule has 0 amide bonds. The number of hydrogen-bond acceptors (Lipinski definition) is 3. The Kier molecular flexibility index (Phi) is 8.23. The Hall–Kier alpha value is -0.590. The van der Waals surface area contributed by atoms with Crippen molar-refractivity contribution in [3.63, 3.8) is 0 Å². The van der Waals surface area contributed by atoms with Crippen LogP contribution in [0.1, 0.15) is 46.5 Å². The molecule has 3 heteroatoms. The fourth-order valence-corrected chi connectivity index (χ4v) is 2.02. The quantitative estimate of drug-likeness (QED) is 0.655. The van der Waals surface area contributed by atoms with Crippen molar-refractivity contribution in [2.75, 3.05) is 26.7 Å². The minimum atomic E-state index is -0.314. The highest BCUT2D eigenvalue weighted by molar-refractivity contribution is 5.05. The van der Waals surface area contributed by atoms with Crippen LogP contribution < -0.4 is 5.32 Å². The molecule has 0 bridgehead atoms. The number of nitriles is 1. The molecule has 1 atom stereocenters. The van der Waals surface area contributed by atoms with E-state index in [1.807, 2.05) is 7.05 Å². The summed E-state index contributed by atoms with van der Waals surface area (Å²) in [5, 5.41) is 12.3. The van der Waals surface area contributed by atoms with Crippen LogP contribution >= 0.6 is 0 Å². The Bertz CT molecular complexity index is 204. The first-order chi connectivity index (χ1) is 7.67. The molecule has 16 heavy (non-hydrogen) atoms. The summed E-state index contributed by atoms with van der Waals surface area (Å²) in [6, 6.07) is 2.41. The average molecular weight is 225 g/mol. The molecule has 1 N–H and O–H groups in total. The highest BCUT2D eigenvalue weighted by atomic mass is 15.1. The highest BCUT2D eigenvalue weighted by Crippen LogP contribution is 2.16. The second-order valence-electron chi connectivity index (χ2n) is 4.34. The van der Waals surface area contributed by atoms with Gasteiger partial charge in [0.15, 0.2) is 0 Å². The smallest absolute Gasteiger partial charge is 0.106 e. The third kappa shape index (κ3) is 4.96. The molecule has 0 aliphatic carbocycles. The molecule has 0 aliphatic rings. The van der Waals surface area contributed by atoms with Crippen LogP contribution in [0, 0.1) is 11.3 Å². The van der Waals surface area contributed by atoms with Crippen molar-refractivity contribution < 1.29 is 0 Å².